The van der Waals surface area contributed by atoms with Crippen LogP contribution >= 0.6 is 0 Å². The lowest BCUT2D eigenvalue weighted by Crippen LogP contribution is -1.90. The van der Waals surface area contributed by atoms with Gasteiger partial charge in [0.25, 0.3) is 0 Å². The van der Waals surface area contributed by atoms with E-state index in [9.17, 15) is 0 Å². The van der Waals surface area contributed by atoms with Crippen molar-refractivity contribution >= 4 is 6.21 Å². The summed E-state index contributed by atoms with van der Waals surface area (Å²) < 4.78 is 0. The summed E-state index contributed by atoms with van der Waals surface area (Å²) in [5.41, 5.74) is 4.38. The molecule has 5 heteroatoms. The highest BCUT2D eigenvalue weighted by Crippen LogP contribution is 2.29. The lowest BCUT2D eigenvalue weighted by Gasteiger charge is -2.07. The lowest BCUT2D eigenvalue weighted by molar-refractivity contribution is 0.881. The number of benzene rings is 2. The zero-order chi connectivity index (χ0) is 16.1. The molecule has 0 saturated heterocycles. The van der Waals surface area contributed by atoms with Gasteiger partial charge < -0.3 is 0 Å². The van der Waals surface area contributed by atoms with Crippen molar-refractivity contribution in [1.82, 2.24) is 20.6 Å². The van der Waals surface area contributed by atoms with Crippen LogP contribution in [0.2, 0.25) is 0 Å². The quantitative estimate of drug-likeness (QED) is 0.730. The molecule has 0 amide bonds. The number of aromatic amines is 1. The van der Waals surface area contributed by atoms with E-state index in [1.807, 2.05) is 24.4 Å². The summed E-state index contributed by atoms with van der Waals surface area (Å²) in [6.07, 6.45) is 1.99. The number of hydrogen-bond donors (Lipinski definition) is 1. The van der Waals surface area contributed by atoms with Crippen molar-refractivity contribution in [2.45, 2.75) is 20.4 Å². The molecular formula is C18H19N5. The first-order chi connectivity index (χ1) is 11.2. The molecule has 0 bridgehead atoms. The van der Waals surface area contributed by atoms with E-state index in [2.05, 4.69) is 69.8 Å². The molecule has 5 nitrogen and oxygen atoms in total. The summed E-state index contributed by atoms with van der Waals surface area (Å²) in [6, 6.07) is 16.5. The Morgan fingerprint density at radius 2 is 1.78 bits per heavy atom. The van der Waals surface area contributed by atoms with Gasteiger partial charge in [-0.25, -0.2) is 0 Å². The average molecular weight is 305 g/mol. The summed E-state index contributed by atoms with van der Waals surface area (Å²) in [4.78, 5) is 4.44. The first-order valence-corrected chi connectivity index (χ1v) is 7.66. The van der Waals surface area contributed by atoms with Crippen molar-refractivity contribution in [2.24, 2.45) is 10.9 Å². The van der Waals surface area contributed by atoms with Gasteiger partial charge in [0, 0.05) is 11.8 Å². The molecule has 3 rings (SSSR count). The Balaban J connectivity index is 1.86. The van der Waals surface area contributed by atoms with Crippen LogP contribution in [0.25, 0.3) is 22.5 Å². The van der Waals surface area contributed by atoms with Crippen molar-refractivity contribution in [3.63, 3.8) is 0 Å². The molecule has 0 spiro atoms. The van der Waals surface area contributed by atoms with E-state index in [-0.39, 0.29) is 0 Å². The molecule has 2 aromatic carbocycles. The van der Waals surface area contributed by atoms with Gasteiger partial charge in [0.1, 0.15) is 0 Å². The van der Waals surface area contributed by atoms with Gasteiger partial charge in [-0.05, 0) is 27.8 Å². The number of nitrogens with zero attached hydrogens (tertiary/aromatic N) is 4. The topological polar surface area (TPSA) is 66.8 Å². The summed E-state index contributed by atoms with van der Waals surface area (Å²) in [6.45, 7) is 4.97. The predicted molar refractivity (Wildman–Crippen MR) is 92.1 cm³/mol. The second kappa shape index (κ2) is 6.96. The SMILES string of the molecule is CC(C)C=NCc1ccc(-c2ccccc2-c2nn[nH]n2)cc1. The van der Waals surface area contributed by atoms with Crippen molar-refractivity contribution in [3.05, 3.63) is 54.1 Å². The van der Waals surface area contributed by atoms with E-state index < -0.39 is 0 Å². The molecule has 0 aliphatic rings. The summed E-state index contributed by atoms with van der Waals surface area (Å²) in [5, 5.41) is 14.3. The van der Waals surface area contributed by atoms with Crippen molar-refractivity contribution in [1.29, 1.82) is 0 Å². The zero-order valence-corrected chi connectivity index (χ0v) is 13.3. The molecule has 0 atom stereocenters. The molecule has 0 unspecified atom stereocenters. The third-order valence-electron chi connectivity index (χ3n) is 3.46. The Labute approximate surface area is 135 Å². The van der Waals surface area contributed by atoms with E-state index in [0.29, 0.717) is 18.3 Å². The number of rotatable bonds is 5. The third-order valence-corrected chi connectivity index (χ3v) is 3.46. The van der Waals surface area contributed by atoms with Crippen molar-refractivity contribution in [2.75, 3.05) is 0 Å². The Morgan fingerprint density at radius 3 is 2.43 bits per heavy atom. The van der Waals surface area contributed by atoms with Crippen LogP contribution in [0.1, 0.15) is 19.4 Å². The van der Waals surface area contributed by atoms with Crippen molar-refractivity contribution < 1.29 is 0 Å². The van der Waals surface area contributed by atoms with Gasteiger partial charge >= 0.3 is 0 Å². The maximum Gasteiger partial charge on any atom is 0.205 e. The Hall–Kier alpha value is -2.82. The summed E-state index contributed by atoms with van der Waals surface area (Å²) in [7, 11) is 0. The van der Waals surface area contributed by atoms with Crippen LogP contribution in [-0.4, -0.2) is 26.8 Å². The van der Waals surface area contributed by atoms with Crippen LogP contribution in [0.4, 0.5) is 0 Å². The van der Waals surface area contributed by atoms with E-state index in [4.69, 9.17) is 0 Å². The van der Waals surface area contributed by atoms with Gasteiger partial charge in [-0.15, -0.1) is 10.2 Å². The number of tetrazole rings is 1. The second-order valence-corrected chi connectivity index (χ2v) is 5.71. The first-order valence-electron chi connectivity index (χ1n) is 7.66. The van der Waals surface area contributed by atoms with Gasteiger partial charge in [-0.1, -0.05) is 62.4 Å². The van der Waals surface area contributed by atoms with E-state index >= 15 is 0 Å². The highest BCUT2D eigenvalue weighted by molar-refractivity contribution is 5.80. The fourth-order valence-corrected chi connectivity index (χ4v) is 2.36. The van der Waals surface area contributed by atoms with Crippen LogP contribution in [0.15, 0.2) is 53.5 Å². The molecule has 116 valence electrons. The lowest BCUT2D eigenvalue weighted by atomic mass is 9.98. The molecule has 0 aliphatic heterocycles. The maximum atomic E-state index is 4.44. The van der Waals surface area contributed by atoms with Gasteiger partial charge in [-0.3, -0.25) is 4.99 Å². The average Bonchev–Trinajstić information content (AvgIpc) is 3.10. The molecule has 1 heterocycles. The van der Waals surface area contributed by atoms with Crippen LogP contribution in [0.3, 0.4) is 0 Å². The first kappa shape index (κ1) is 15.1. The Bertz CT molecular complexity index is 773. The van der Waals surface area contributed by atoms with E-state index in [0.717, 1.165) is 16.7 Å². The summed E-state index contributed by atoms with van der Waals surface area (Å²) in [5.74, 6) is 1.09. The normalized spacial score (nSPS) is 11.4. The number of aliphatic imine (C=N–C) groups is 1. The molecule has 0 aliphatic carbocycles. The van der Waals surface area contributed by atoms with E-state index in [1.165, 1.54) is 5.56 Å². The molecule has 0 saturated carbocycles. The largest absolute Gasteiger partial charge is 0.293 e. The molecule has 1 aromatic heterocycles. The predicted octanol–water partition coefficient (Wildman–Crippen LogP) is 3.76. The van der Waals surface area contributed by atoms with Gasteiger partial charge in [0.15, 0.2) is 0 Å². The van der Waals surface area contributed by atoms with Gasteiger partial charge in [0.05, 0.1) is 6.54 Å². The fraction of sp³-hybridized carbons (Fsp3) is 0.222. The Morgan fingerprint density at radius 1 is 1.04 bits per heavy atom. The molecule has 3 aromatic rings. The van der Waals surface area contributed by atoms with Crippen LogP contribution in [0.5, 0.6) is 0 Å². The van der Waals surface area contributed by atoms with Crippen LogP contribution in [0, 0.1) is 5.92 Å². The second-order valence-electron chi connectivity index (χ2n) is 5.71. The standard InChI is InChI=1S/C18H19N5/c1-13(2)11-19-12-14-7-9-15(10-8-14)16-5-3-4-6-17(16)18-20-22-23-21-18/h3-11,13H,12H2,1-2H3,(H,20,21,22,23). The zero-order valence-electron chi connectivity index (χ0n) is 13.3. The van der Waals surface area contributed by atoms with Gasteiger partial charge in [0.2, 0.25) is 5.82 Å². The fourth-order valence-electron chi connectivity index (χ4n) is 2.36. The molecule has 1 N–H and O–H groups in total. The number of H-pyrrole nitrogens is 1. The van der Waals surface area contributed by atoms with Crippen LogP contribution in [-0.2, 0) is 6.54 Å². The van der Waals surface area contributed by atoms with Crippen LogP contribution < -0.4 is 0 Å². The van der Waals surface area contributed by atoms with E-state index in [1.54, 1.807) is 0 Å². The molecular weight excluding hydrogens is 286 g/mol. The highest BCUT2D eigenvalue weighted by Gasteiger charge is 2.10. The molecule has 0 fully saturated rings. The minimum Gasteiger partial charge on any atom is -0.293 e. The molecule has 23 heavy (non-hydrogen) atoms. The summed E-state index contributed by atoms with van der Waals surface area (Å²) >= 11 is 0. The monoisotopic (exact) mass is 305 g/mol. The van der Waals surface area contributed by atoms with Crippen molar-refractivity contribution in [3.8, 4) is 22.5 Å². The highest BCUT2D eigenvalue weighted by atomic mass is 15.5. The molecule has 0 radical (unpaired) electrons. The van der Waals surface area contributed by atoms with Gasteiger partial charge in [-0.2, -0.15) is 5.21 Å². The number of nitrogens with one attached hydrogen (secondary N) is 1. The third kappa shape index (κ3) is 3.69. The Kier molecular flexibility index (Phi) is 4.57. The minimum absolute atomic E-state index is 0.483. The number of hydrogen-bond acceptors (Lipinski definition) is 4. The smallest absolute Gasteiger partial charge is 0.205 e. The number of aromatic nitrogens is 4. The minimum atomic E-state index is 0.483. The maximum absolute atomic E-state index is 4.44.